The molecule has 10 aromatic rings. The molecule has 11 rings (SSSR count). The first kappa shape index (κ1) is 45.6. The van der Waals surface area contributed by atoms with Gasteiger partial charge in [-0.15, -0.1) is 0 Å². The minimum atomic E-state index is -5.94. The van der Waals surface area contributed by atoms with Crippen molar-refractivity contribution >= 4 is 44.2 Å². The molecule has 0 aliphatic heterocycles. The van der Waals surface area contributed by atoms with Crippen molar-refractivity contribution < 1.29 is 30.9 Å². The van der Waals surface area contributed by atoms with Crippen molar-refractivity contribution in [2.75, 3.05) is 9.80 Å². The van der Waals surface area contributed by atoms with Gasteiger partial charge in [-0.25, -0.2) is 0 Å². The number of anilines is 6. The average Bonchev–Trinajstić information content (AvgIpc) is 3.70. The van der Waals surface area contributed by atoms with E-state index < -0.39 is 26.8 Å². The van der Waals surface area contributed by atoms with E-state index in [1.807, 2.05) is 84.9 Å². The molecule has 0 spiro atoms. The molecule has 0 radical (unpaired) electrons. The summed E-state index contributed by atoms with van der Waals surface area (Å²) in [7, 11) is -5.94. The number of halogens is 3. The molecule has 1 N–H and O–H groups in total. The summed E-state index contributed by atoms with van der Waals surface area (Å²) >= 11 is 0. The van der Waals surface area contributed by atoms with Gasteiger partial charge in [0.1, 0.15) is 11.5 Å². The molecule has 0 unspecified atom stereocenters. The van der Waals surface area contributed by atoms with E-state index >= 15 is 0 Å². The smallest absolute Gasteiger partial charge is 0.508 e. The van der Waals surface area contributed by atoms with E-state index in [-0.39, 0.29) is 5.75 Å². The minimum Gasteiger partial charge on any atom is -0.508 e. The van der Waals surface area contributed by atoms with Gasteiger partial charge in [-0.3, -0.25) is 0 Å². The molecule has 0 aromatic heterocycles. The number of nitrogens with zero attached hydrogens (tertiary/aromatic N) is 2. The summed E-state index contributed by atoms with van der Waals surface area (Å²) in [5, 5.41) is 10.7. The number of phenols is 1. The Balaban J connectivity index is 1.06. The van der Waals surface area contributed by atoms with Crippen molar-refractivity contribution in [1.29, 1.82) is 0 Å². The summed E-state index contributed by atoms with van der Waals surface area (Å²) in [5.74, 6) is -0.436. The van der Waals surface area contributed by atoms with Gasteiger partial charge in [0, 0.05) is 34.1 Å². The highest BCUT2D eigenvalue weighted by atomic mass is 32.2. The van der Waals surface area contributed by atoms with E-state index in [0.29, 0.717) is 5.56 Å². The van der Waals surface area contributed by atoms with Gasteiger partial charge in [0.25, 0.3) is 0 Å². The molecule has 10 aromatic carbocycles. The van der Waals surface area contributed by atoms with Crippen LogP contribution in [0.15, 0.2) is 255 Å². The summed E-state index contributed by atoms with van der Waals surface area (Å²) in [6.45, 7) is 0. The Morgan fingerprint density at radius 1 is 0.389 bits per heavy atom. The highest BCUT2D eigenvalue weighted by molar-refractivity contribution is 7.88. The van der Waals surface area contributed by atoms with Crippen LogP contribution in [0.5, 0.6) is 11.5 Å². The third kappa shape index (κ3) is 8.31. The Morgan fingerprint density at radius 3 is 1.06 bits per heavy atom. The summed E-state index contributed by atoms with van der Waals surface area (Å²) < 4.78 is 69.6. The second kappa shape index (κ2) is 18.5. The van der Waals surface area contributed by atoms with Crippen molar-refractivity contribution in [3.63, 3.8) is 0 Å². The molecule has 1 aliphatic rings. The molecule has 10 heteroatoms. The monoisotopic (exact) mass is 968 g/mol. The summed E-state index contributed by atoms with van der Waals surface area (Å²) in [6.07, 6.45) is 0. The number of hydrogen-bond acceptors (Lipinski definition) is 6. The van der Waals surface area contributed by atoms with Gasteiger partial charge in [0.05, 0.1) is 5.41 Å². The molecule has 0 bridgehead atoms. The van der Waals surface area contributed by atoms with Crippen LogP contribution in [0.3, 0.4) is 0 Å². The summed E-state index contributed by atoms with van der Waals surface area (Å²) in [6, 6.07) is 82.7. The van der Waals surface area contributed by atoms with Crippen LogP contribution in [0, 0.1) is 0 Å². The largest absolute Gasteiger partial charge is 0.534 e. The fourth-order valence-corrected chi connectivity index (χ4v) is 10.4. The summed E-state index contributed by atoms with van der Waals surface area (Å²) in [4.78, 5) is 4.39. The molecule has 0 amide bonds. The molecule has 72 heavy (non-hydrogen) atoms. The highest BCUT2D eigenvalue weighted by Gasteiger charge is 2.49. The first-order valence-electron chi connectivity index (χ1n) is 23.2. The number of rotatable bonds is 12. The van der Waals surface area contributed by atoms with Gasteiger partial charge in [-0.2, -0.15) is 21.6 Å². The van der Waals surface area contributed by atoms with Crippen LogP contribution in [0.4, 0.5) is 47.3 Å². The average molecular weight is 969 g/mol. The van der Waals surface area contributed by atoms with Crippen LogP contribution in [-0.2, 0) is 15.5 Å². The third-order valence-electron chi connectivity index (χ3n) is 13.2. The number of para-hydroxylation sites is 4. The van der Waals surface area contributed by atoms with Crippen molar-refractivity contribution in [3.05, 3.63) is 277 Å². The van der Waals surface area contributed by atoms with Gasteiger partial charge in [-0.1, -0.05) is 146 Å². The maximum Gasteiger partial charge on any atom is 0.534 e. The Bertz CT molecular complexity index is 3380. The lowest BCUT2D eigenvalue weighted by Crippen LogP contribution is -2.29. The maximum absolute atomic E-state index is 13.5. The molecule has 0 saturated heterocycles. The van der Waals surface area contributed by atoms with Crippen LogP contribution in [0.1, 0.15) is 22.3 Å². The fraction of sp³-hybridized carbons (Fsp3) is 0.0323. The van der Waals surface area contributed by atoms with Crippen LogP contribution in [0.25, 0.3) is 33.4 Å². The van der Waals surface area contributed by atoms with Crippen LogP contribution in [0.2, 0.25) is 0 Å². The SMILES string of the molecule is O=S(=O)(Oc1ccc(C2(c3ccc(O)cc3)c3cc(-c4ccc(N(c5ccccc5)c5ccccc5)cc4)ccc3-c3ccc(-c4ccc(N(c5ccccc5)c5ccccc5)cc4)cc32)cc1)C(F)(F)F. The Hall–Kier alpha value is -8.86. The second-order valence-electron chi connectivity index (χ2n) is 17.4. The summed E-state index contributed by atoms with van der Waals surface area (Å²) in [5.41, 5.74) is 7.94. The number of fused-ring (bicyclic) bond motifs is 3. The predicted molar refractivity (Wildman–Crippen MR) is 281 cm³/mol. The Labute approximate surface area is 415 Å². The zero-order chi connectivity index (χ0) is 49.5. The van der Waals surface area contributed by atoms with E-state index in [1.165, 1.54) is 12.1 Å². The van der Waals surface area contributed by atoms with E-state index in [4.69, 9.17) is 0 Å². The number of hydrogen-bond donors (Lipinski definition) is 1. The van der Waals surface area contributed by atoms with E-state index in [1.54, 1.807) is 24.3 Å². The van der Waals surface area contributed by atoms with E-state index in [2.05, 4.69) is 147 Å². The zero-order valence-electron chi connectivity index (χ0n) is 38.4. The van der Waals surface area contributed by atoms with Crippen LogP contribution < -0.4 is 14.0 Å². The predicted octanol–water partition coefficient (Wildman–Crippen LogP) is 16.3. The van der Waals surface area contributed by atoms with Gasteiger partial charge in [0.2, 0.25) is 0 Å². The molecule has 352 valence electrons. The molecule has 0 heterocycles. The van der Waals surface area contributed by atoms with Crippen molar-refractivity contribution in [2.45, 2.75) is 10.9 Å². The number of phenolic OH excluding ortho intramolecular Hbond substituents is 1. The van der Waals surface area contributed by atoms with Gasteiger partial charge >= 0.3 is 15.6 Å². The van der Waals surface area contributed by atoms with Gasteiger partial charge in [-0.05, 0) is 165 Å². The van der Waals surface area contributed by atoms with Crippen molar-refractivity contribution in [1.82, 2.24) is 0 Å². The van der Waals surface area contributed by atoms with Gasteiger partial charge < -0.3 is 19.1 Å². The lowest BCUT2D eigenvalue weighted by molar-refractivity contribution is -0.0500. The second-order valence-corrected chi connectivity index (χ2v) is 19.0. The van der Waals surface area contributed by atoms with Gasteiger partial charge in [0.15, 0.2) is 0 Å². The molecular weight excluding hydrogens is 926 g/mol. The van der Waals surface area contributed by atoms with E-state index in [9.17, 15) is 26.7 Å². The standard InChI is InChI=1S/C62H43F3N2O4S/c63-62(64,65)72(69,70)71-56-37-29-48(30-38-56)61(47-27-35-55(68)36-28-47)59-41-45(43-21-31-53(32-22-43)66(49-13-5-1-6-14-49)50-15-7-2-8-16-50)25-39-57(59)58-40-26-46(42-60(58)61)44-23-33-54(34-24-44)67(51-17-9-3-10-18-51)52-19-11-4-12-20-52/h1-42,68H. The molecule has 0 atom stereocenters. The lowest BCUT2D eigenvalue weighted by atomic mass is 9.67. The molecular formula is C62H43F3N2O4S. The number of benzene rings is 10. The Kier molecular flexibility index (Phi) is 11.7. The molecule has 0 saturated carbocycles. The lowest BCUT2D eigenvalue weighted by Gasteiger charge is -2.34. The minimum absolute atomic E-state index is 0.0521. The van der Waals surface area contributed by atoms with Crippen LogP contribution in [-0.4, -0.2) is 19.0 Å². The van der Waals surface area contributed by atoms with Crippen LogP contribution >= 0.6 is 0 Å². The molecule has 0 fully saturated rings. The molecule has 6 nitrogen and oxygen atoms in total. The molecule has 1 aliphatic carbocycles. The normalized spacial score (nSPS) is 12.7. The number of alkyl halides is 3. The zero-order valence-corrected chi connectivity index (χ0v) is 39.2. The Morgan fingerprint density at radius 2 is 0.708 bits per heavy atom. The first-order chi connectivity index (χ1) is 35.0. The maximum atomic E-state index is 13.5. The third-order valence-corrected chi connectivity index (χ3v) is 14.2. The fourth-order valence-electron chi connectivity index (χ4n) is 9.93. The topological polar surface area (TPSA) is 70.1 Å². The first-order valence-corrected chi connectivity index (χ1v) is 24.6. The highest BCUT2D eigenvalue weighted by Crippen LogP contribution is 2.58. The van der Waals surface area contributed by atoms with Crippen molar-refractivity contribution in [3.8, 4) is 44.9 Å². The number of aromatic hydroxyl groups is 1. The van der Waals surface area contributed by atoms with E-state index in [0.717, 1.165) is 84.2 Å². The quantitative estimate of drug-likeness (QED) is 0.0972. The van der Waals surface area contributed by atoms with Crippen molar-refractivity contribution in [2.24, 2.45) is 0 Å².